The Morgan fingerprint density at radius 1 is 1.35 bits per heavy atom. The van der Waals surface area contributed by atoms with Crippen LogP contribution < -0.4 is 14.9 Å². The largest absolute Gasteiger partial charge is 0.496 e. The monoisotopic (exact) mass is 278 g/mol. The van der Waals surface area contributed by atoms with Crippen molar-refractivity contribution in [2.45, 2.75) is 26.0 Å². The number of hydrogen-bond donors (Lipinski definition) is 1. The van der Waals surface area contributed by atoms with E-state index in [0.29, 0.717) is 0 Å². The van der Waals surface area contributed by atoms with Gasteiger partial charge in [0.05, 0.1) is 20.3 Å². The topological polar surface area (TPSA) is 43.0 Å². The number of nitrogens with one attached hydrogen (secondary N) is 1. The Morgan fingerprint density at radius 2 is 2.15 bits per heavy atom. The molecule has 1 unspecified atom stereocenters. The van der Waals surface area contributed by atoms with Gasteiger partial charge in [0.15, 0.2) is 0 Å². The van der Waals surface area contributed by atoms with Crippen molar-refractivity contribution < 1.29 is 14.2 Å². The highest BCUT2D eigenvalue weighted by atomic mass is 16.5. The van der Waals surface area contributed by atoms with Gasteiger partial charge in [-0.3, -0.25) is 5.43 Å². The van der Waals surface area contributed by atoms with Gasteiger partial charge in [-0.2, -0.15) is 0 Å². The van der Waals surface area contributed by atoms with E-state index in [1.165, 1.54) is 5.56 Å². The minimum Gasteiger partial charge on any atom is -0.496 e. The molecular formula is C15H22N2O3. The molecule has 0 aliphatic carbocycles. The van der Waals surface area contributed by atoms with Crippen molar-refractivity contribution >= 4 is 0 Å². The number of morpholine rings is 1. The van der Waals surface area contributed by atoms with Crippen LogP contribution in [0.4, 0.5) is 0 Å². The second kappa shape index (κ2) is 5.99. The average molecular weight is 278 g/mol. The van der Waals surface area contributed by atoms with Gasteiger partial charge in [-0.05, 0) is 19.1 Å². The van der Waals surface area contributed by atoms with Gasteiger partial charge in [-0.1, -0.05) is 0 Å². The molecule has 2 aliphatic heterocycles. The fraction of sp³-hybridized carbons (Fsp3) is 0.600. The van der Waals surface area contributed by atoms with Crippen LogP contribution in [0.3, 0.4) is 0 Å². The van der Waals surface area contributed by atoms with Crippen LogP contribution in [0.1, 0.15) is 18.1 Å². The summed E-state index contributed by atoms with van der Waals surface area (Å²) >= 11 is 0. The maximum absolute atomic E-state index is 5.82. The van der Waals surface area contributed by atoms with Crippen LogP contribution in [0.15, 0.2) is 12.1 Å². The van der Waals surface area contributed by atoms with E-state index in [1.54, 1.807) is 7.11 Å². The van der Waals surface area contributed by atoms with Crippen LogP contribution in [-0.4, -0.2) is 44.5 Å². The van der Waals surface area contributed by atoms with Gasteiger partial charge in [0.1, 0.15) is 17.6 Å². The first-order valence-electron chi connectivity index (χ1n) is 7.19. The predicted octanol–water partition coefficient (Wildman–Crippen LogP) is 1.36. The van der Waals surface area contributed by atoms with Crippen LogP contribution in [-0.2, 0) is 17.7 Å². The summed E-state index contributed by atoms with van der Waals surface area (Å²) in [5.41, 5.74) is 5.80. The molecule has 0 radical (unpaired) electrons. The van der Waals surface area contributed by atoms with Crippen LogP contribution in [0.25, 0.3) is 0 Å². The minimum atomic E-state index is 0.261. The maximum atomic E-state index is 5.82. The molecule has 0 amide bonds. The van der Waals surface area contributed by atoms with E-state index >= 15 is 0 Å². The molecule has 1 atom stereocenters. The molecule has 20 heavy (non-hydrogen) atoms. The number of rotatable bonds is 4. The lowest BCUT2D eigenvalue weighted by Gasteiger charge is -2.27. The molecule has 1 aromatic carbocycles. The SMILES string of the molecule is COc1cc2c(cc1CNN1CCOCC1)OC(C)C2. The fourth-order valence-electron chi connectivity index (χ4n) is 2.73. The van der Waals surface area contributed by atoms with Gasteiger partial charge in [-0.25, -0.2) is 5.01 Å². The third kappa shape index (κ3) is 2.90. The van der Waals surface area contributed by atoms with Crippen LogP contribution in [0, 0.1) is 0 Å². The Hall–Kier alpha value is -1.30. The highest BCUT2D eigenvalue weighted by molar-refractivity contribution is 5.48. The van der Waals surface area contributed by atoms with Gasteiger partial charge in [-0.15, -0.1) is 0 Å². The van der Waals surface area contributed by atoms with Crippen molar-refractivity contribution in [2.24, 2.45) is 0 Å². The van der Waals surface area contributed by atoms with Crippen molar-refractivity contribution in [3.63, 3.8) is 0 Å². The molecule has 110 valence electrons. The van der Waals surface area contributed by atoms with E-state index in [0.717, 1.165) is 56.3 Å². The van der Waals surface area contributed by atoms with Crippen molar-refractivity contribution in [1.29, 1.82) is 0 Å². The molecule has 1 fully saturated rings. The molecule has 5 nitrogen and oxygen atoms in total. The third-order valence-electron chi connectivity index (χ3n) is 3.80. The van der Waals surface area contributed by atoms with Crippen LogP contribution in [0.5, 0.6) is 11.5 Å². The van der Waals surface area contributed by atoms with E-state index < -0.39 is 0 Å². The van der Waals surface area contributed by atoms with Gasteiger partial charge in [0.2, 0.25) is 0 Å². The van der Waals surface area contributed by atoms with Crippen LogP contribution in [0.2, 0.25) is 0 Å². The quantitative estimate of drug-likeness (QED) is 0.900. The van der Waals surface area contributed by atoms with Gasteiger partial charge >= 0.3 is 0 Å². The number of nitrogens with zero attached hydrogens (tertiary/aromatic N) is 1. The van der Waals surface area contributed by atoms with Crippen molar-refractivity contribution in [1.82, 2.24) is 10.4 Å². The Balaban J connectivity index is 1.70. The lowest BCUT2D eigenvalue weighted by molar-refractivity contribution is 0.0104. The summed E-state index contributed by atoms with van der Waals surface area (Å²) in [7, 11) is 1.72. The molecule has 0 aromatic heterocycles. The summed E-state index contributed by atoms with van der Waals surface area (Å²) in [5, 5.41) is 2.19. The molecular weight excluding hydrogens is 256 g/mol. The average Bonchev–Trinajstić information content (AvgIpc) is 2.84. The molecule has 0 bridgehead atoms. The second-order valence-electron chi connectivity index (χ2n) is 5.34. The summed E-state index contributed by atoms with van der Waals surface area (Å²) in [6, 6.07) is 4.21. The lowest BCUT2D eigenvalue weighted by atomic mass is 10.1. The maximum Gasteiger partial charge on any atom is 0.123 e. The van der Waals surface area contributed by atoms with E-state index in [-0.39, 0.29) is 6.10 Å². The highest BCUT2D eigenvalue weighted by Crippen LogP contribution is 2.34. The molecule has 5 heteroatoms. The molecule has 1 N–H and O–H groups in total. The Kier molecular flexibility index (Phi) is 4.10. The van der Waals surface area contributed by atoms with Crippen molar-refractivity contribution in [2.75, 3.05) is 33.4 Å². The number of benzene rings is 1. The summed E-state index contributed by atoms with van der Waals surface area (Å²) in [4.78, 5) is 0. The predicted molar refractivity (Wildman–Crippen MR) is 76.0 cm³/mol. The molecule has 2 heterocycles. The smallest absolute Gasteiger partial charge is 0.123 e. The first-order valence-corrected chi connectivity index (χ1v) is 7.19. The lowest BCUT2D eigenvalue weighted by Crippen LogP contribution is -2.45. The zero-order valence-electron chi connectivity index (χ0n) is 12.1. The van der Waals surface area contributed by atoms with Crippen molar-refractivity contribution in [3.05, 3.63) is 23.3 Å². The number of ether oxygens (including phenoxy) is 3. The zero-order valence-corrected chi connectivity index (χ0v) is 12.1. The first kappa shape index (κ1) is 13.7. The van der Waals surface area contributed by atoms with Crippen LogP contribution >= 0.6 is 0 Å². The fourth-order valence-corrected chi connectivity index (χ4v) is 2.73. The summed E-state index contributed by atoms with van der Waals surface area (Å²) in [5.74, 6) is 1.93. The van der Waals surface area contributed by atoms with Gasteiger partial charge < -0.3 is 14.2 Å². The highest BCUT2D eigenvalue weighted by Gasteiger charge is 2.22. The van der Waals surface area contributed by atoms with E-state index in [9.17, 15) is 0 Å². The number of fused-ring (bicyclic) bond motifs is 1. The number of hydrazine groups is 1. The standard InChI is InChI=1S/C15H22N2O3/c1-11-7-12-8-14(18-2)13(9-15(12)20-11)10-16-17-3-5-19-6-4-17/h8-9,11,16H,3-7,10H2,1-2H3. The molecule has 3 rings (SSSR count). The first-order chi connectivity index (χ1) is 9.76. The molecule has 0 spiro atoms. The minimum absolute atomic E-state index is 0.261. The molecule has 1 aromatic rings. The summed E-state index contributed by atoms with van der Waals surface area (Å²) < 4.78 is 16.7. The molecule has 0 saturated carbocycles. The van der Waals surface area contributed by atoms with E-state index in [1.807, 2.05) is 0 Å². The second-order valence-corrected chi connectivity index (χ2v) is 5.34. The third-order valence-corrected chi connectivity index (χ3v) is 3.80. The summed E-state index contributed by atoms with van der Waals surface area (Å²) in [6.45, 7) is 6.25. The zero-order chi connectivity index (χ0) is 13.9. The normalized spacial score (nSPS) is 22.4. The summed E-state index contributed by atoms with van der Waals surface area (Å²) in [6.07, 6.45) is 1.22. The van der Waals surface area contributed by atoms with Gasteiger partial charge in [0.25, 0.3) is 0 Å². The number of methoxy groups -OCH3 is 1. The molecule has 1 saturated heterocycles. The van der Waals surface area contributed by atoms with E-state index in [2.05, 4.69) is 29.5 Å². The Morgan fingerprint density at radius 3 is 2.90 bits per heavy atom. The number of hydrogen-bond acceptors (Lipinski definition) is 5. The van der Waals surface area contributed by atoms with Gasteiger partial charge in [0, 0.05) is 37.2 Å². The van der Waals surface area contributed by atoms with Crippen molar-refractivity contribution in [3.8, 4) is 11.5 Å². The van der Waals surface area contributed by atoms with E-state index in [4.69, 9.17) is 14.2 Å². The Labute approximate surface area is 119 Å². The Bertz CT molecular complexity index is 472. The molecule has 2 aliphatic rings.